The highest BCUT2D eigenvalue weighted by atomic mass is 16.5. The third-order valence-electron chi connectivity index (χ3n) is 4.43. The largest absolute Gasteiger partial charge is 0.481 e. The Bertz CT molecular complexity index is 564. The summed E-state index contributed by atoms with van der Waals surface area (Å²) in [6.45, 7) is 5.75. The van der Waals surface area contributed by atoms with Crippen molar-refractivity contribution in [2.45, 2.75) is 39.4 Å². The van der Waals surface area contributed by atoms with Gasteiger partial charge >= 0.3 is 5.97 Å². The molecule has 1 fully saturated rings. The SMILES string of the molecule is CC(C)OCc1ccc(C(=O)NCC(C(=O)O)C2CCOCC2)cc1. The number of ether oxygens (including phenoxy) is 2. The van der Waals surface area contributed by atoms with E-state index in [1.165, 1.54) is 0 Å². The van der Waals surface area contributed by atoms with E-state index in [0.29, 0.717) is 25.4 Å². The molecule has 6 nitrogen and oxygen atoms in total. The van der Waals surface area contributed by atoms with Crippen molar-refractivity contribution in [1.29, 1.82) is 0 Å². The lowest BCUT2D eigenvalue weighted by Crippen LogP contribution is -2.39. The van der Waals surface area contributed by atoms with Gasteiger partial charge in [0, 0.05) is 25.3 Å². The summed E-state index contributed by atoms with van der Waals surface area (Å²) < 4.78 is 10.8. The van der Waals surface area contributed by atoms with Crippen LogP contribution in [-0.2, 0) is 20.9 Å². The van der Waals surface area contributed by atoms with Crippen molar-refractivity contribution < 1.29 is 24.2 Å². The predicted octanol–water partition coefficient (Wildman–Crippen LogP) is 2.47. The molecule has 0 spiro atoms. The Hall–Kier alpha value is -1.92. The molecule has 1 unspecified atom stereocenters. The number of carboxylic acid groups (broad SMARTS) is 1. The summed E-state index contributed by atoms with van der Waals surface area (Å²) in [7, 11) is 0. The number of nitrogens with one attached hydrogen (secondary N) is 1. The van der Waals surface area contributed by atoms with E-state index in [9.17, 15) is 14.7 Å². The quantitative estimate of drug-likeness (QED) is 0.753. The van der Waals surface area contributed by atoms with Gasteiger partial charge in [-0.25, -0.2) is 0 Å². The van der Waals surface area contributed by atoms with Crippen LogP contribution in [0.3, 0.4) is 0 Å². The summed E-state index contributed by atoms with van der Waals surface area (Å²) >= 11 is 0. The van der Waals surface area contributed by atoms with E-state index >= 15 is 0 Å². The zero-order valence-corrected chi connectivity index (χ0v) is 14.9. The minimum Gasteiger partial charge on any atom is -0.481 e. The lowest BCUT2D eigenvalue weighted by molar-refractivity contribution is -0.144. The van der Waals surface area contributed by atoms with Crippen LogP contribution in [0.5, 0.6) is 0 Å². The first kappa shape index (κ1) is 19.4. The second-order valence-corrected chi connectivity index (χ2v) is 6.66. The molecule has 6 heteroatoms. The maximum absolute atomic E-state index is 12.3. The van der Waals surface area contributed by atoms with Crippen molar-refractivity contribution in [3.63, 3.8) is 0 Å². The number of aliphatic carboxylic acids is 1. The number of hydrogen-bond acceptors (Lipinski definition) is 4. The van der Waals surface area contributed by atoms with Crippen LogP contribution < -0.4 is 5.32 Å². The van der Waals surface area contributed by atoms with Gasteiger partial charge in [-0.1, -0.05) is 12.1 Å². The highest BCUT2D eigenvalue weighted by Crippen LogP contribution is 2.23. The van der Waals surface area contributed by atoms with Crippen molar-refractivity contribution in [2.75, 3.05) is 19.8 Å². The van der Waals surface area contributed by atoms with Gasteiger partial charge in [-0.3, -0.25) is 9.59 Å². The maximum atomic E-state index is 12.3. The Kier molecular flexibility index (Phi) is 7.40. The van der Waals surface area contributed by atoms with Crippen LogP contribution in [0.15, 0.2) is 24.3 Å². The van der Waals surface area contributed by atoms with E-state index in [1.54, 1.807) is 12.1 Å². The van der Waals surface area contributed by atoms with Crippen molar-refractivity contribution in [3.8, 4) is 0 Å². The van der Waals surface area contributed by atoms with Crippen LogP contribution in [0.25, 0.3) is 0 Å². The topological polar surface area (TPSA) is 84.9 Å². The first-order valence-electron chi connectivity index (χ1n) is 8.76. The summed E-state index contributed by atoms with van der Waals surface area (Å²) in [6.07, 6.45) is 1.59. The molecule has 1 aliphatic heterocycles. The molecule has 1 aromatic rings. The average Bonchev–Trinajstić information content (AvgIpc) is 2.61. The Labute approximate surface area is 148 Å². The summed E-state index contributed by atoms with van der Waals surface area (Å²) in [4.78, 5) is 23.8. The van der Waals surface area contributed by atoms with Gasteiger partial charge in [0.15, 0.2) is 0 Å². The number of rotatable bonds is 8. The standard InChI is InChI=1S/C19H27NO5/c1-13(2)25-12-14-3-5-16(6-4-14)18(21)20-11-17(19(22)23)15-7-9-24-10-8-15/h3-6,13,15,17H,7-12H2,1-2H3,(H,20,21)(H,22,23). The smallest absolute Gasteiger partial charge is 0.308 e. The molecule has 1 amide bonds. The van der Waals surface area contributed by atoms with Crippen molar-refractivity contribution in [3.05, 3.63) is 35.4 Å². The first-order chi connectivity index (χ1) is 12.0. The molecule has 0 radical (unpaired) electrons. The summed E-state index contributed by atoms with van der Waals surface area (Å²) in [5.41, 5.74) is 1.51. The van der Waals surface area contributed by atoms with Gasteiger partial charge in [-0.05, 0) is 50.3 Å². The van der Waals surface area contributed by atoms with Gasteiger partial charge in [-0.2, -0.15) is 0 Å². The molecule has 0 aromatic heterocycles. The second-order valence-electron chi connectivity index (χ2n) is 6.66. The van der Waals surface area contributed by atoms with Gasteiger partial charge < -0.3 is 19.9 Å². The first-order valence-corrected chi connectivity index (χ1v) is 8.76. The molecule has 1 atom stereocenters. The fraction of sp³-hybridized carbons (Fsp3) is 0.579. The Morgan fingerprint density at radius 2 is 1.88 bits per heavy atom. The molecule has 25 heavy (non-hydrogen) atoms. The molecular weight excluding hydrogens is 322 g/mol. The van der Waals surface area contributed by atoms with Gasteiger partial charge in [-0.15, -0.1) is 0 Å². The van der Waals surface area contributed by atoms with Crippen LogP contribution in [0.2, 0.25) is 0 Å². The molecule has 1 aromatic carbocycles. The fourth-order valence-electron chi connectivity index (χ4n) is 2.89. The van der Waals surface area contributed by atoms with Gasteiger partial charge in [0.25, 0.3) is 5.91 Å². The Morgan fingerprint density at radius 3 is 2.44 bits per heavy atom. The van der Waals surface area contributed by atoms with E-state index in [4.69, 9.17) is 9.47 Å². The van der Waals surface area contributed by atoms with Crippen LogP contribution in [0, 0.1) is 11.8 Å². The number of carbonyl (C=O) groups excluding carboxylic acids is 1. The highest BCUT2D eigenvalue weighted by Gasteiger charge is 2.30. The molecule has 2 rings (SSSR count). The van der Waals surface area contributed by atoms with Gasteiger partial charge in [0.05, 0.1) is 18.6 Å². The van der Waals surface area contributed by atoms with Crippen LogP contribution in [0.4, 0.5) is 0 Å². The molecule has 2 N–H and O–H groups in total. The Balaban J connectivity index is 1.88. The predicted molar refractivity (Wildman–Crippen MR) is 93.4 cm³/mol. The third-order valence-corrected chi connectivity index (χ3v) is 4.43. The lowest BCUT2D eigenvalue weighted by Gasteiger charge is -2.27. The van der Waals surface area contributed by atoms with E-state index in [1.807, 2.05) is 26.0 Å². The summed E-state index contributed by atoms with van der Waals surface area (Å²) in [5.74, 6) is -1.66. The lowest BCUT2D eigenvalue weighted by atomic mass is 9.86. The zero-order valence-electron chi connectivity index (χ0n) is 14.9. The van der Waals surface area contributed by atoms with Gasteiger partial charge in [0.2, 0.25) is 0 Å². The molecule has 1 aliphatic rings. The average molecular weight is 349 g/mol. The van der Waals surface area contributed by atoms with E-state index < -0.39 is 11.9 Å². The number of carboxylic acids is 1. The van der Waals surface area contributed by atoms with Crippen LogP contribution in [-0.4, -0.2) is 42.8 Å². The van der Waals surface area contributed by atoms with E-state index in [0.717, 1.165) is 18.4 Å². The molecule has 0 aliphatic carbocycles. The number of amides is 1. The minimum atomic E-state index is -0.867. The number of hydrogen-bond donors (Lipinski definition) is 2. The highest BCUT2D eigenvalue weighted by molar-refractivity contribution is 5.94. The molecule has 1 heterocycles. The molecule has 0 bridgehead atoms. The van der Waals surface area contributed by atoms with Crippen molar-refractivity contribution in [1.82, 2.24) is 5.32 Å². The molecule has 1 saturated heterocycles. The van der Waals surface area contributed by atoms with Crippen molar-refractivity contribution >= 4 is 11.9 Å². The molecule has 138 valence electrons. The second kappa shape index (κ2) is 9.53. The zero-order chi connectivity index (χ0) is 18.2. The van der Waals surface area contributed by atoms with Crippen LogP contribution in [0.1, 0.15) is 42.6 Å². The Morgan fingerprint density at radius 1 is 1.24 bits per heavy atom. The minimum absolute atomic E-state index is 0.0436. The number of carbonyl (C=O) groups is 2. The normalized spacial score (nSPS) is 16.6. The van der Waals surface area contributed by atoms with Crippen molar-refractivity contribution in [2.24, 2.45) is 11.8 Å². The summed E-state index contributed by atoms with van der Waals surface area (Å²) in [5, 5.41) is 12.2. The van der Waals surface area contributed by atoms with Gasteiger partial charge in [0.1, 0.15) is 0 Å². The molecular formula is C19H27NO5. The summed E-state index contributed by atoms with van der Waals surface area (Å²) in [6, 6.07) is 7.17. The third kappa shape index (κ3) is 6.14. The van der Waals surface area contributed by atoms with Crippen LogP contribution >= 0.6 is 0 Å². The fourth-order valence-corrected chi connectivity index (χ4v) is 2.89. The number of benzene rings is 1. The van der Waals surface area contributed by atoms with E-state index in [-0.39, 0.29) is 24.5 Å². The molecule has 0 saturated carbocycles. The maximum Gasteiger partial charge on any atom is 0.308 e. The van der Waals surface area contributed by atoms with E-state index in [2.05, 4.69) is 5.32 Å². The monoisotopic (exact) mass is 349 g/mol.